The molecule has 6 nitrogen and oxygen atoms in total. The summed E-state index contributed by atoms with van der Waals surface area (Å²) in [5, 5.41) is 12.5. The number of aromatic nitrogens is 2. The van der Waals surface area contributed by atoms with Gasteiger partial charge in [0, 0.05) is 12.1 Å². The molecule has 0 aromatic carbocycles. The van der Waals surface area contributed by atoms with Gasteiger partial charge in [0.1, 0.15) is 11.6 Å². The number of carbonyl (C=O) groups is 1. The van der Waals surface area contributed by atoms with Crippen molar-refractivity contribution in [1.82, 2.24) is 9.97 Å². The number of hydrogen-bond acceptors (Lipinski definition) is 5. The lowest BCUT2D eigenvalue weighted by Crippen LogP contribution is -2.37. The maximum absolute atomic E-state index is 11.3. The highest BCUT2D eigenvalue weighted by Gasteiger charge is 2.31. The number of rotatable bonds is 5. The minimum absolute atomic E-state index is 0.0787. The van der Waals surface area contributed by atoms with Crippen molar-refractivity contribution in [3.63, 3.8) is 0 Å². The molecule has 1 heterocycles. The molecular formula is C14H21N3O3. The number of aryl methyl sites for hydroxylation is 1. The first-order valence-corrected chi connectivity index (χ1v) is 7.08. The van der Waals surface area contributed by atoms with E-state index in [9.17, 15) is 9.90 Å². The summed E-state index contributed by atoms with van der Waals surface area (Å²) in [5.41, 5.74) is 0. The number of anilines is 1. The van der Waals surface area contributed by atoms with Gasteiger partial charge in [0.05, 0.1) is 12.5 Å². The van der Waals surface area contributed by atoms with Crippen molar-refractivity contribution in [3.8, 4) is 5.88 Å². The van der Waals surface area contributed by atoms with E-state index in [0.29, 0.717) is 24.1 Å². The molecule has 0 saturated heterocycles. The molecule has 2 rings (SSSR count). The van der Waals surface area contributed by atoms with E-state index in [1.165, 1.54) is 0 Å². The van der Waals surface area contributed by atoms with Crippen molar-refractivity contribution in [2.45, 2.75) is 45.6 Å². The third-order valence-electron chi connectivity index (χ3n) is 3.52. The van der Waals surface area contributed by atoms with Gasteiger partial charge in [-0.3, -0.25) is 4.79 Å². The molecular weight excluding hydrogens is 258 g/mol. The lowest BCUT2D eigenvalue weighted by Gasteiger charge is -2.29. The van der Waals surface area contributed by atoms with Crippen molar-refractivity contribution in [1.29, 1.82) is 0 Å². The molecule has 0 amide bonds. The topological polar surface area (TPSA) is 84.3 Å². The highest BCUT2D eigenvalue weighted by Crippen LogP contribution is 2.27. The highest BCUT2D eigenvalue weighted by atomic mass is 16.5. The molecule has 6 heteroatoms. The van der Waals surface area contributed by atoms with Gasteiger partial charge in [0.15, 0.2) is 0 Å². The van der Waals surface area contributed by atoms with Gasteiger partial charge in [-0.25, -0.2) is 4.98 Å². The van der Waals surface area contributed by atoms with Crippen LogP contribution in [0.15, 0.2) is 6.07 Å². The first-order chi connectivity index (χ1) is 9.60. The zero-order valence-electron chi connectivity index (χ0n) is 11.9. The van der Waals surface area contributed by atoms with E-state index in [0.717, 1.165) is 25.7 Å². The maximum Gasteiger partial charge on any atom is 0.308 e. The Morgan fingerprint density at radius 3 is 2.90 bits per heavy atom. The number of nitrogens with zero attached hydrogens (tertiary/aromatic N) is 2. The minimum Gasteiger partial charge on any atom is -0.481 e. The fourth-order valence-corrected chi connectivity index (χ4v) is 2.63. The summed E-state index contributed by atoms with van der Waals surface area (Å²) in [6.07, 6.45) is 3.59. The quantitative estimate of drug-likeness (QED) is 0.860. The predicted molar refractivity (Wildman–Crippen MR) is 74.9 cm³/mol. The lowest BCUT2D eigenvalue weighted by molar-refractivity contribution is -0.143. The van der Waals surface area contributed by atoms with E-state index in [4.69, 9.17) is 4.74 Å². The van der Waals surface area contributed by atoms with Crippen LogP contribution in [0.3, 0.4) is 0 Å². The molecule has 1 aliphatic carbocycles. The summed E-state index contributed by atoms with van der Waals surface area (Å²) in [6, 6.07) is 1.65. The molecule has 2 N–H and O–H groups in total. The summed E-state index contributed by atoms with van der Waals surface area (Å²) in [5.74, 6) is 0.679. The second kappa shape index (κ2) is 6.54. The smallest absolute Gasteiger partial charge is 0.308 e. The fraction of sp³-hybridized carbons (Fsp3) is 0.643. The van der Waals surface area contributed by atoms with Crippen molar-refractivity contribution < 1.29 is 14.6 Å². The van der Waals surface area contributed by atoms with Gasteiger partial charge in [-0.15, -0.1) is 0 Å². The van der Waals surface area contributed by atoms with Crippen molar-refractivity contribution in [2.24, 2.45) is 5.92 Å². The van der Waals surface area contributed by atoms with E-state index in [-0.39, 0.29) is 12.0 Å². The largest absolute Gasteiger partial charge is 0.481 e. The Hall–Kier alpha value is -1.85. The zero-order chi connectivity index (χ0) is 14.5. The monoisotopic (exact) mass is 279 g/mol. The second-order valence-corrected chi connectivity index (χ2v) is 5.05. The van der Waals surface area contributed by atoms with Crippen LogP contribution in [0.1, 0.15) is 38.4 Å². The van der Waals surface area contributed by atoms with Gasteiger partial charge < -0.3 is 15.2 Å². The molecule has 0 aliphatic heterocycles. The van der Waals surface area contributed by atoms with Crippen LogP contribution in [-0.2, 0) is 4.79 Å². The Morgan fingerprint density at radius 2 is 2.20 bits per heavy atom. The number of aliphatic carboxylic acids is 1. The number of carboxylic acids is 1. The first kappa shape index (κ1) is 14.6. The molecule has 1 aromatic rings. The molecule has 2 atom stereocenters. The Morgan fingerprint density at radius 1 is 1.45 bits per heavy atom. The van der Waals surface area contributed by atoms with E-state index in [1.807, 2.05) is 6.92 Å². The van der Waals surface area contributed by atoms with Crippen LogP contribution >= 0.6 is 0 Å². The Bertz CT molecular complexity index is 479. The van der Waals surface area contributed by atoms with Gasteiger partial charge in [-0.05, 0) is 26.7 Å². The molecule has 0 spiro atoms. The van der Waals surface area contributed by atoms with Crippen LogP contribution in [0.2, 0.25) is 0 Å². The second-order valence-electron chi connectivity index (χ2n) is 5.05. The molecule has 1 fully saturated rings. The van der Waals surface area contributed by atoms with Gasteiger partial charge in [0.2, 0.25) is 5.88 Å². The molecule has 0 bridgehead atoms. The number of hydrogen-bond donors (Lipinski definition) is 2. The fourth-order valence-electron chi connectivity index (χ4n) is 2.63. The average molecular weight is 279 g/mol. The Labute approximate surface area is 118 Å². The predicted octanol–water partition coefficient (Wildman–Crippen LogP) is 2.24. The number of ether oxygens (including phenoxy) is 1. The van der Waals surface area contributed by atoms with E-state index in [1.54, 1.807) is 13.0 Å². The molecule has 1 aliphatic rings. The Balaban J connectivity index is 2.13. The van der Waals surface area contributed by atoms with Crippen LogP contribution in [-0.4, -0.2) is 33.7 Å². The van der Waals surface area contributed by atoms with E-state index in [2.05, 4.69) is 15.3 Å². The van der Waals surface area contributed by atoms with Gasteiger partial charge >= 0.3 is 5.97 Å². The summed E-state index contributed by atoms with van der Waals surface area (Å²) in [7, 11) is 0. The van der Waals surface area contributed by atoms with Crippen molar-refractivity contribution in [2.75, 3.05) is 11.9 Å². The standard InChI is InChI=1S/C14H21N3O3/c1-3-20-13-8-12(15-9(2)16-13)17-11-7-5-4-6-10(11)14(18)19/h8,10-11H,3-7H2,1-2H3,(H,18,19)(H,15,16,17). The van der Waals surface area contributed by atoms with Gasteiger partial charge in [0.25, 0.3) is 0 Å². The molecule has 2 unspecified atom stereocenters. The normalized spacial score (nSPS) is 22.3. The number of carboxylic acid groups (broad SMARTS) is 1. The highest BCUT2D eigenvalue weighted by molar-refractivity contribution is 5.71. The summed E-state index contributed by atoms with van der Waals surface area (Å²) in [6.45, 7) is 4.23. The maximum atomic E-state index is 11.3. The molecule has 1 aromatic heterocycles. The SMILES string of the molecule is CCOc1cc(NC2CCCCC2C(=O)O)nc(C)n1. The average Bonchev–Trinajstić information content (AvgIpc) is 2.38. The molecule has 0 radical (unpaired) electrons. The first-order valence-electron chi connectivity index (χ1n) is 7.08. The summed E-state index contributed by atoms with van der Waals surface area (Å²) >= 11 is 0. The van der Waals surface area contributed by atoms with E-state index < -0.39 is 5.97 Å². The molecule has 110 valence electrons. The van der Waals surface area contributed by atoms with Gasteiger partial charge in [-0.2, -0.15) is 4.98 Å². The van der Waals surface area contributed by atoms with Gasteiger partial charge in [-0.1, -0.05) is 12.8 Å². The van der Waals surface area contributed by atoms with E-state index >= 15 is 0 Å². The van der Waals surface area contributed by atoms with Crippen LogP contribution < -0.4 is 10.1 Å². The summed E-state index contributed by atoms with van der Waals surface area (Å²) in [4.78, 5) is 19.8. The molecule has 1 saturated carbocycles. The van der Waals surface area contributed by atoms with Crippen LogP contribution in [0.4, 0.5) is 5.82 Å². The molecule has 20 heavy (non-hydrogen) atoms. The van der Waals surface area contributed by atoms with Crippen molar-refractivity contribution in [3.05, 3.63) is 11.9 Å². The zero-order valence-corrected chi connectivity index (χ0v) is 11.9. The third-order valence-corrected chi connectivity index (χ3v) is 3.52. The number of nitrogens with one attached hydrogen (secondary N) is 1. The Kier molecular flexibility index (Phi) is 4.76. The van der Waals surface area contributed by atoms with Crippen molar-refractivity contribution >= 4 is 11.8 Å². The van der Waals surface area contributed by atoms with Crippen LogP contribution in [0.5, 0.6) is 5.88 Å². The van der Waals surface area contributed by atoms with Crippen LogP contribution in [0, 0.1) is 12.8 Å². The summed E-state index contributed by atoms with van der Waals surface area (Å²) < 4.78 is 5.38. The van der Waals surface area contributed by atoms with Crippen LogP contribution in [0.25, 0.3) is 0 Å². The minimum atomic E-state index is -0.738. The lowest BCUT2D eigenvalue weighted by atomic mass is 9.84. The third kappa shape index (κ3) is 3.59.